The van der Waals surface area contributed by atoms with Crippen LogP contribution in [0.2, 0.25) is 0 Å². The van der Waals surface area contributed by atoms with Crippen LogP contribution < -0.4 is 5.32 Å². The first-order valence-electron chi connectivity index (χ1n) is 4.40. The fourth-order valence-corrected chi connectivity index (χ4v) is 0.854. The van der Waals surface area contributed by atoms with Crippen molar-refractivity contribution in [2.75, 3.05) is 6.54 Å². The van der Waals surface area contributed by atoms with E-state index in [-0.39, 0.29) is 0 Å². The molecule has 1 nitrogen and oxygen atoms in total. The molecule has 0 bridgehead atoms. The Bertz CT molecular complexity index is 128. The van der Waals surface area contributed by atoms with E-state index >= 15 is 0 Å². The Morgan fingerprint density at radius 2 is 2.00 bits per heavy atom. The third-order valence-corrected chi connectivity index (χ3v) is 1.46. The molecule has 0 rings (SSSR count). The summed E-state index contributed by atoms with van der Waals surface area (Å²) in [5.41, 5.74) is 0. The van der Waals surface area contributed by atoms with Gasteiger partial charge in [0, 0.05) is 12.5 Å². The normalized spacial score (nSPS) is 9.45. The largest absolute Gasteiger partial charge is 0.315 e. The highest BCUT2D eigenvalue weighted by molar-refractivity contribution is 4.94. The van der Waals surface area contributed by atoms with E-state index in [9.17, 15) is 0 Å². The monoisotopic (exact) mass is 153 g/mol. The number of unbranched alkanes of at least 4 members (excludes halogenated alkanes) is 2. The number of hydrogen-bond acceptors (Lipinski definition) is 1. The Labute approximate surface area is 70.6 Å². The topological polar surface area (TPSA) is 12.0 Å². The summed E-state index contributed by atoms with van der Waals surface area (Å²) in [5, 5.41) is 3.37. The minimum atomic E-state index is 0.618. The molecule has 64 valence electrons. The summed E-state index contributed by atoms with van der Waals surface area (Å²) in [7, 11) is 0. The van der Waals surface area contributed by atoms with Crippen molar-refractivity contribution >= 4 is 0 Å². The van der Waals surface area contributed by atoms with Crippen molar-refractivity contribution < 1.29 is 0 Å². The Balaban J connectivity index is 2.95. The summed E-state index contributed by atoms with van der Waals surface area (Å²) in [6, 6.07) is 0.618. The van der Waals surface area contributed by atoms with Gasteiger partial charge in [-0.15, -0.1) is 11.8 Å². The molecule has 1 N–H and O–H groups in total. The zero-order chi connectivity index (χ0) is 8.53. The first kappa shape index (κ1) is 10.5. The van der Waals surface area contributed by atoms with Crippen LogP contribution in [0.4, 0.5) is 0 Å². The molecule has 0 aliphatic heterocycles. The SMILES string of the molecule is CC#CCCCCNC(C)C. The highest BCUT2D eigenvalue weighted by Crippen LogP contribution is 1.92. The molecule has 0 aromatic rings. The van der Waals surface area contributed by atoms with Crippen molar-refractivity contribution in [2.24, 2.45) is 0 Å². The maximum atomic E-state index is 3.37. The molecule has 0 amide bonds. The van der Waals surface area contributed by atoms with Crippen LogP contribution >= 0.6 is 0 Å². The standard InChI is InChI=1S/C10H19N/c1-4-5-6-7-8-9-11-10(2)3/h10-11H,6-9H2,1-3H3. The minimum Gasteiger partial charge on any atom is -0.315 e. The number of rotatable bonds is 5. The number of hydrogen-bond donors (Lipinski definition) is 1. The lowest BCUT2D eigenvalue weighted by atomic mass is 10.2. The summed E-state index contributed by atoms with van der Waals surface area (Å²) in [5.74, 6) is 5.96. The van der Waals surface area contributed by atoms with Crippen molar-refractivity contribution in [3.8, 4) is 11.8 Å². The van der Waals surface area contributed by atoms with Crippen molar-refractivity contribution in [3.63, 3.8) is 0 Å². The average molecular weight is 153 g/mol. The van der Waals surface area contributed by atoms with E-state index < -0.39 is 0 Å². The van der Waals surface area contributed by atoms with Gasteiger partial charge in [-0.3, -0.25) is 0 Å². The molecule has 0 aromatic heterocycles. The highest BCUT2D eigenvalue weighted by Gasteiger charge is 1.90. The van der Waals surface area contributed by atoms with Crippen LogP contribution in [0, 0.1) is 11.8 Å². The first-order chi connectivity index (χ1) is 5.27. The fourth-order valence-electron chi connectivity index (χ4n) is 0.854. The van der Waals surface area contributed by atoms with Crippen LogP contribution in [0.1, 0.15) is 40.0 Å². The molecule has 0 saturated carbocycles. The summed E-state index contributed by atoms with van der Waals surface area (Å²) in [4.78, 5) is 0. The molecule has 1 heteroatoms. The molecule has 0 unspecified atom stereocenters. The van der Waals surface area contributed by atoms with Gasteiger partial charge in [-0.2, -0.15) is 0 Å². The lowest BCUT2D eigenvalue weighted by Gasteiger charge is -2.05. The molecule has 0 saturated heterocycles. The summed E-state index contributed by atoms with van der Waals surface area (Å²) < 4.78 is 0. The predicted molar refractivity (Wildman–Crippen MR) is 50.4 cm³/mol. The summed E-state index contributed by atoms with van der Waals surface area (Å²) in [6.07, 6.45) is 3.52. The van der Waals surface area contributed by atoms with Crippen LogP contribution in [0.15, 0.2) is 0 Å². The Morgan fingerprint density at radius 1 is 1.27 bits per heavy atom. The second kappa shape index (κ2) is 7.63. The van der Waals surface area contributed by atoms with Crippen molar-refractivity contribution in [1.29, 1.82) is 0 Å². The van der Waals surface area contributed by atoms with Crippen LogP contribution in [0.5, 0.6) is 0 Å². The minimum absolute atomic E-state index is 0.618. The van der Waals surface area contributed by atoms with Crippen LogP contribution in [-0.2, 0) is 0 Å². The van der Waals surface area contributed by atoms with Gasteiger partial charge in [0.25, 0.3) is 0 Å². The third-order valence-electron chi connectivity index (χ3n) is 1.46. The summed E-state index contributed by atoms with van der Waals surface area (Å²) in [6.45, 7) is 7.37. The van der Waals surface area contributed by atoms with Gasteiger partial charge in [-0.1, -0.05) is 13.8 Å². The van der Waals surface area contributed by atoms with Crippen LogP contribution in [0.3, 0.4) is 0 Å². The van der Waals surface area contributed by atoms with Gasteiger partial charge < -0.3 is 5.32 Å². The molecule has 0 heterocycles. The lowest BCUT2D eigenvalue weighted by Crippen LogP contribution is -2.23. The van der Waals surface area contributed by atoms with Crippen LogP contribution in [-0.4, -0.2) is 12.6 Å². The molecule has 0 aliphatic rings. The predicted octanol–water partition coefficient (Wildman–Crippen LogP) is 2.18. The van der Waals surface area contributed by atoms with E-state index in [0.29, 0.717) is 6.04 Å². The second-order valence-electron chi connectivity index (χ2n) is 2.99. The molecular formula is C10H19N. The maximum absolute atomic E-state index is 3.37. The molecule has 11 heavy (non-hydrogen) atoms. The molecule has 0 radical (unpaired) electrons. The smallest absolute Gasteiger partial charge is 0.00890 e. The molecule has 0 spiro atoms. The van der Waals surface area contributed by atoms with E-state index in [2.05, 4.69) is 31.0 Å². The van der Waals surface area contributed by atoms with E-state index in [0.717, 1.165) is 13.0 Å². The van der Waals surface area contributed by atoms with Gasteiger partial charge in [0.2, 0.25) is 0 Å². The fraction of sp³-hybridized carbons (Fsp3) is 0.800. The van der Waals surface area contributed by atoms with E-state index in [1.807, 2.05) is 6.92 Å². The Kier molecular flexibility index (Phi) is 7.29. The first-order valence-corrected chi connectivity index (χ1v) is 4.40. The lowest BCUT2D eigenvalue weighted by molar-refractivity contribution is 0.561. The van der Waals surface area contributed by atoms with Crippen molar-refractivity contribution in [3.05, 3.63) is 0 Å². The molecule has 0 atom stereocenters. The Morgan fingerprint density at radius 3 is 2.55 bits per heavy atom. The van der Waals surface area contributed by atoms with Crippen molar-refractivity contribution in [1.82, 2.24) is 5.32 Å². The maximum Gasteiger partial charge on any atom is 0.00890 e. The van der Waals surface area contributed by atoms with Gasteiger partial charge in [0.1, 0.15) is 0 Å². The Hall–Kier alpha value is -0.480. The van der Waals surface area contributed by atoms with Gasteiger partial charge in [0.05, 0.1) is 0 Å². The van der Waals surface area contributed by atoms with Gasteiger partial charge in [-0.25, -0.2) is 0 Å². The van der Waals surface area contributed by atoms with E-state index in [1.54, 1.807) is 0 Å². The zero-order valence-electron chi connectivity index (χ0n) is 7.91. The highest BCUT2D eigenvalue weighted by atomic mass is 14.9. The molecule has 0 aliphatic carbocycles. The molecular weight excluding hydrogens is 134 g/mol. The molecule has 0 fully saturated rings. The number of nitrogens with one attached hydrogen (secondary N) is 1. The van der Waals surface area contributed by atoms with Crippen LogP contribution in [0.25, 0.3) is 0 Å². The van der Waals surface area contributed by atoms with E-state index in [4.69, 9.17) is 0 Å². The summed E-state index contributed by atoms with van der Waals surface area (Å²) >= 11 is 0. The zero-order valence-corrected chi connectivity index (χ0v) is 7.91. The third kappa shape index (κ3) is 9.52. The van der Waals surface area contributed by atoms with E-state index in [1.165, 1.54) is 12.8 Å². The second-order valence-corrected chi connectivity index (χ2v) is 2.99. The van der Waals surface area contributed by atoms with Gasteiger partial charge in [0.15, 0.2) is 0 Å². The van der Waals surface area contributed by atoms with Crippen molar-refractivity contribution in [2.45, 2.75) is 46.1 Å². The van der Waals surface area contributed by atoms with Gasteiger partial charge in [-0.05, 0) is 26.3 Å². The van der Waals surface area contributed by atoms with Gasteiger partial charge >= 0.3 is 0 Å². The molecule has 0 aromatic carbocycles. The average Bonchev–Trinajstić information content (AvgIpc) is 1.96. The quantitative estimate of drug-likeness (QED) is 0.471.